The van der Waals surface area contributed by atoms with E-state index < -0.39 is 0 Å². The van der Waals surface area contributed by atoms with Gasteiger partial charge in [0.2, 0.25) is 0 Å². The van der Waals surface area contributed by atoms with Gasteiger partial charge in [0, 0.05) is 12.7 Å². The summed E-state index contributed by atoms with van der Waals surface area (Å²) in [5, 5.41) is 9.49. The zero-order chi connectivity index (χ0) is 16.9. The van der Waals surface area contributed by atoms with Gasteiger partial charge in [0.25, 0.3) is 0 Å². The molecule has 1 aliphatic heterocycles. The second-order valence-corrected chi connectivity index (χ2v) is 5.84. The third-order valence-corrected chi connectivity index (χ3v) is 3.96. The maximum atomic E-state index is 13.2. The molecule has 0 radical (unpaired) electrons. The molecule has 1 fully saturated rings. The van der Waals surface area contributed by atoms with Crippen molar-refractivity contribution in [2.45, 2.75) is 38.5 Å². The van der Waals surface area contributed by atoms with Crippen LogP contribution in [-0.2, 0) is 11.3 Å². The number of aryl methyl sites for hydroxylation is 1. The van der Waals surface area contributed by atoms with Crippen molar-refractivity contribution in [2.75, 3.05) is 6.61 Å². The lowest BCUT2D eigenvalue weighted by atomic mass is 9.99. The largest absolute Gasteiger partial charge is 0.376 e. The van der Waals surface area contributed by atoms with Gasteiger partial charge in [-0.25, -0.2) is 9.18 Å². The van der Waals surface area contributed by atoms with Crippen LogP contribution in [0.15, 0.2) is 34.9 Å². The molecular formula is C17H20FN3O3. The van der Waals surface area contributed by atoms with Crippen molar-refractivity contribution >= 4 is 6.03 Å². The van der Waals surface area contributed by atoms with Crippen LogP contribution in [0.1, 0.15) is 35.9 Å². The molecule has 0 unspecified atom stereocenters. The molecule has 6 nitrogen and oxygen atoms in total. The molecule has 0 bridgehead atoms. The van der Waals surface area contributed by atoms with E-state index in [1.807, 2.05) is 0 Å². The number of aromatic nitrogens is 1. The summed E-state index contributed by atoms with van der Waals surface area (Å²) < 4.78 is 23.8. The van der Waals surface area contributed by atoms with Gasteiger partial charge >= 0.3 is 6.03 Å². The molecule has 2 amide bonds. The van der Waals surface area contributed by atoms with E-state index in [4.69, 9.17) is 9.26 Å². The number of ether oxygens (including phenoxy) is 1. The molecule has 2 aromatic rings. The van der Waals surface area contributed by atoms with Crippen molar-refractivity contribution in [1.82, 2.24) is 15.8 Å². The minimum atomic E-state index is -0.333. The first-order valence-corrected chi connectivity index (χ1v) is 7.95. The molecular weight excluding hydrogens is 313 g/mol. The lowest BCUT2D eigenvalue weighted by Gasteiger charge is -2.24. The molecule has 128 valence electrons. The Hall–Kier alpha value is -2.41. The molecule has 0 aliphatic carbocycles. The van der Waals surface area contributed by atoms with Crippen molar-refractivity contribution in [3.8, 4) is 0 Å². The SMILES string of the molecule is Cc1cc(CNC(=O)N[C@H](c2ccc(F)cc2)[C@@H]2CCCO2)no1. The average molecular weight is 333 g/mol. The first-order chi connectivity index (χ1) is 11.6. The Bertz CT molecular complexity index is 681. The summed E-state index contributed by atoms with van der Waals surface area (Å²) in [5.74, 6) is 0.381. The molecule has 2 N–H and O–H groups in total. The summed E-state index contributed by atoms with van der Waals surface area (Å²) in [6.07, 6.45) is 1.69. The highest BCUT2D eigenvalue weighted by Crippen LogP contribution is 2.27. The number of rotatable bonds is 5. The maximum Gasteiger partial charge on any atom is 0.315 e. The van der Waals surface area contributed by atoms with Gasteiger partial charge in [-0.1, -0.05) is 17.3 Å². The second-order valence-electron chi connectivity index (χ2n) is 5.84. The standard InChI is InChI=1S/C17H20FN3O3/c1-11-9-14(21-24-11)10-19-17(22)20-16(15-3-2-8-23-15)12-4-6-13(18)7-5-12/h4-7,9,15-16H,2-3,8,10H2,1H3,(H2,19,20,22)/t15-,16+/m0/s1. The van der Waals surface area contributed by atoms with Crippen LogP contribution in [0.3, 0.4) is 0 Å². The number of urea groups is 1. The smallest absolute Gasteiger partial charge is 0.315 e. The van der Waals surface area contributed by atoms with Gasteiger partial charge in [-0.2, -0.15) is 0 Å². The zero-order valence-electron chi connectivity index (χ0n) is 13.4. The van der Waals surface area contributed by atoms with Crippen molar-refractivity contribution in [1.29, 1.82) is 0 Å². The van der Waals surface area contributed by atoms with Gasteiger partial charge < -0.3 is 19.9 Å². The fourth-order valence-electron chi connectivity index (χ4n) is 2.79. The van der Waals surface area contributed by atoms with Crippen LogP contribution in [-0.4, -0.2) is 23.9 Å². The lowest BCUT2D eigenvalue weighted by molar-refractivity contribution is 0.0807. The number of benzene rings is 1. The summed E-state index contributed by atoms with van der Waals surface area (Å²) in [5.41, 5.74) is 1.47. The molecule has 1 aromatic carbocycles. The fraction of sp³-hybridized carbons (Fsp3) is 0.412. The van der Waals surface area contributed by atoms with Gasteiger partial charge in [0.05, 0.1) is 18.7 Å². The number of carbonyl (C=O) groups excluding carboxylic acids is 1. The van der Waals surface area contributed by atoms with Crippen molar-refractivity contribution < 1.29 is 18.4 Å². The van der Waals surface area contributed by atoms with Crippen LogP contribution in [0.25, 0.3) is 0 Å². The van der Waals surface area contributed by atoms with E-state index in [2.05, 4.69) is 15.8 Å². The number of halogens is 1. The van der Waals surface area contributed by atoms with Crippen LogP contribution in [0.4, 0.5) is 9.18 Å². The van der Waals surface area contributed by atoms with Crippen molar-refractivity contribution in [2.24, 2.45) is 0 Å². The zero-order valence-corrected chi connectivity index (χ0v) is 13.4. The molecule has 2 heterocycles. The third-order valence-electron chi connectivity index (χ3n) is 3.96. The van der Waals surface area contributed by atoms with E-state index >= 15 is 0 Å². The summed E-state index contributed by atoms with van der Waals surface area (Å²) in [6.45, 7) is 2.73. The van der Waals surface area contributed by atoms with Crippen LogP contribution >= 0.6 is 0 Å². The molecule has 1 aromatic heterocycles. The van der Waals surface area contributed by atoms with E-state index in [1.54, 1.807) is 25.1 Å². The third kappa shape index (κ3) is 4.11. The topological polar surface area (TPSA) is 76.4 Å². The first-order valence-electron chi connectivity index (χ1n) is 7.95. The van der Waals surface area contributed by atoms with E-state index in [0.29, 0.717) is 18.1 Å². The number of carbonyl (C=O) groups is 1. The summed E-state index contributed by atoms with van der Waals surface area (Å²) in [4.78, 5) is 12.2. The summed E-state index contributed by atoms with van der Waals surface area (Å²) >= 11 is 0. The van der Waals surface area contributed by atoms with Gasteiger partial charge in [0.1, 0.15) is 17.3 Å². The van der Waals surface area contributed by atoms with Gasteiger partial charge in [-0.3, -0.25) is 0 Å². The Morgan fingerprint density at radius 2 is 2.21 bits per heavy atom. The summed E-state index contributed by atoms with van der Waals surface area (Å²) in [7, 11) is 0. The Labute approximate surface area is 139 Å². The number of hydrogen-bond donors (Lipinski definition) is 2. The van der Waals surface area contributed by atoms with E-state index in [0.717, 1.165) is 18.4 Å². The van der Waals surface area contributed by atoms with Gasteiger partial charge in [0.15, 0.2) is 0 Å². The van der Waals surface area contributed by atoms with Crippen molar-refractivity contribution in [3.05, 3.63) is 53.2 Å². The lowest BCUT2D eigenvalue weighted by Crippen LogP contribution is -2.42. The van der Waals surface area contributed by atoms with Gasteiger partial charge in [-0.15, -0.1) is 0 Å². The Kier molecular flexibility index (Phi) is 5.10. The maximum absolute atomic E-state index is 13.2. The number of amides is 2. The quantitative estimate of drug-likeness (QED) is 0.882. The normalized spacial score (nSPS) is 18.3. The average Bonchev–Trinajstić information content (AvgIpc) is 3.23. The minimum absolute atomic E-state index is 0.115. The Balaban J connectivity index is 1.64. The highest BCUT2D eigenvalue weighted by Gasteiger charge is 2.28. The highest BCUT2D eigenvalue weighted by molar-refractivity contribution is 5.74. The molecule has 3 rings (SSSR count). The molecule has 2 atom stereocenters. The van der Waals surface area contributed by atoms with Gasteiger partial charge in [-0.05, 0) is 37.5 Å². The monoisotopic (exact) mass is 333 g/mol. The molecule has 1 aliphatic rings. The molecule has 7 heteroatoms. The van der Waals surface area contributed by atoms with E-state index in [1.165, 1.54) is 12.1 Å². The second kappa shape index (κ2) is 7.44. The number of nitrogens with zero attached hydrogens (tertiary/aromatic N) is 1. The Morgan fingerprint density at radius 1 is 1.42 bits per heavy atom. The predicted octanol–water partition coefficient (Wildman–Crippen LogP) is 2.84. The molecule has 1 saturated heterocycles. The highest BCUT2D eigenvalue weighted by atomic mass is 19.1. The predicted molar refractivity (Wildman–Crippen MR) is 84.7 cm³/mol. The first kappa shape index (κ1) is 16.4. The fourth-order valence-corrected chi connectivity index (χ4v) is 2.79. The van der Waals surface area contributed by atoms with E-state index in [9.17, 15) is 9.18 Å². The summed E-state index contributed by atoms with van der Waals surface area (Å²) in [6, 6.07) is 7.21. The van der Waals surface area contributed by atoms with Crippen molar-refractivity contribution in [3.63, 3.8) is 0 Å². The van der Waals surface area contributed by atoms with Crippen LogP contribution in [0.5, 0.6) is 0 Å². The van der Waals surface area contributed by atoms with Crippen LogP contribution < -0.4 is 10.6 Å². The minimum Gasteiger partial charge on any atom is -0.376 e. The molecule has 0 spiro atoms. The Morgan fingerprint density at radius 3 is 2.83 bits per heavy atom. The number of hydrogen-bond acceptors (Lipinski definition) is 4. The van der Waals surface area contributed by atoms with Crippen LogP contribution in [0.2, 0.25) is 0 Å². The van der Waals surface area contributed by atoms with Crippen LogP contribution in [0, 0.1) is 12.7 Å². The van der Waals surface area contributed by atoms with E-state index in [-0.39, 0.29) is 30.5 Å². The molecule has 24 heavy (non-hydrogen) atoms. The molecule has 0 saturated carbocycles. The number of nitrogens with one attached hydrogen (secondary N) is 2.